The van der Waals surface area contributed by atoms with Crippen LogP contribution in [0.25, 0.3) is 132 Å². The molecule has 0 saturated carbocycles. The molecular weight excluding hydrogens is 721 g/mol. The second kappa shape index (κ2) is 11.3. The highest BCUT2D eigenvalue weighted by atomic mass is 16.3. The predicted molar refractivity (Wildman–Crippen MR) is 243 cm³/mol. The fraction of sp³-hybridized carbons (Fsp3) is 0. The van der Waals surface area contributed by atoms with Gasteiger partial charge >= 0.3 is 0 Å². The number of aromatic nitrogens is 4. The third kappa shape index (κ3) is 4.13. The molecule has 5 nitrogen and oxygen atoms in total. The zero-order chi connectivity index (χ0) is 38.3. The van der Waals surface area contributed by atoms with Crippen LogP contribution in [0.2, 0.25) is 0 Å². The molecule has 0 spiro atoms. The second-order valence-corrected chi connectivity index (χ2v) is 15.7. The van der Waals surface area contributed by atoms with Gasteiger partial charge in [0.2, 0.25) is 0 Å². The lowest BCUT2D eigenvalue weighted by Gasteiger charge is -2.15. The van der Waals surface area contributed by atoms with E-state index in [9.17, 15) is 0 Å². The molecule has 0 saturated heterocycles. The van der Waals surface area contributed by atoms with E-state index in [2.05, 4.69) is 179 Å². The number of rotatable bonds is 2. The van der Waals surface area contributed by atoms with E-state index < -0.39 is 0 Å². The number of benzene rings is 9. The summed E-state index contributed by atoms with van der Waals surface area (Å²) in [6.07, 6.45) is 0. The molecule has 5 heterocycles. The highest BCUT2D eigenvalue weighted by Crippen LogP contribution is 2.48. The lowest BCUT2D eigenvalue weighted by Crippen LogP contribution is -2.04. The van der Waals surface area contributed by atoms with E-state index in [0.717, 1.165) is 82.6 Å². The minimum absolute atomic E-state index is 0.788. The average molecular weight is 751 g/mol. The zero-order valence-electron chi connectivity index (χ0n) is 31.5. The molecule has 272 valence electrons. The first-order chi connectivity index (χ1) is 29.3. The van der Waals surface area contributed by atoms with Gasteiger partial charge in [-0.25, -0.2) is 9.97 Å². The Labute approximate surface area is 336 Å². The van der Waals surface area contributed by atoms with Crippen LogP contribution in [0.1, 0.15) is 0 Å². The SMILES string of the molecule is c1ccc2c(c1)-c1ccccc1-n1c3cc4c5ccccc5n(-c5nc6c(ccc7ccccc76)nc5-c5ccc6oc7ccccc7c6c5)c4cc3c3cccc-2c31. The summed E-state index contributed by atoms with van der Waals surface area (Å²) in [5.41, 5.74) is 16.0. The van der Waals surface area contributed by atoms with Gasteiger partial charge in [0.1, 0.15) is 16.9 Å². The number of furan rings is 1. The van der Waals surface area contributed by atoms with E-state index in [4.69, 9.17) is 14.4 Å². The van der Waals surface area contributed by atoms with Crippen LogP contribution >= 0.6 is 0 Å². The minimum Gasteiger partial charge on any atom is -0.456 e. The summed E-state index contributed by atoms with van der Waals surface area (Å²) in [4.78, 5) is 11.2. The molecule has 0 atom stereocenters. The monoisotopic (exact) mass is 750 g/mol. The standard InChI is InChI=1S/C54H30N4O/c1-2-13-33-31(12-1)24-26-44-52(33)56-54(51(55-44)32-25-27-50-43(28-32)38-18-7-10-23-49(38)59-50)58-46-22-9-6-17-37(46)41-29-47-42(30-48(41)58)40-20-11-19-39-35-15-4-3-14-34(35)36-16-5-8-21-45(36)57(47)53(39)40/h1-30H. The normalized spacial score (nSPS) is 12.4. The largest absolute Gasteiger partial charge is 0.456 e. The van der Waals surface area contributed by atoms with Gasteiger partial charge in [-0.2, -0.15) is 0 Å². The van der Waals surface area contributed by atoms with Crippen molar-refractivity contribution in [1.82, 2.24) is 19.1 Å². The van der Waals surface area contributed by atoms with Gasteiger partial charge in [-0.15, -0.1) is 0 Å². The second-order valence-electron chi connectivity index (χ2n) is 15.7. The average Bonchev–Trinajstić information content (AvgIpc) is 3.92. The van der Waals surface area contributed by atoms with Crippen LogP contribution in [0.5, 0.6) is 0 Å². The number of fused-ring (bicyclic) bond motifs is 17. The van der Waals surface area contributed by atoms with Gasteiger partial charge in [0, 0.05) is 54.4 Å². The van der Waals surface area contributed by atoms with Gasteiger partial charge in [-0.1, -0.05) is 127 Å². The molecule has 4 aromatic heterocycles. The highest BCUT2D eigenvalue weighted by molar-refractivity contribution is 6.22. The fourth-order valence-corrected chi connectivity index (χ4v) is 10.1. The molecule has 5 heteroatoms. The van der Waals surface area contributed by atoms with Gasteiger partial charge in [-0.05, 0) is 71.1 Å². The number of para-hydroxylation sites is 4. The van der Waals surface area contributed by atoms with Crippen LogP contribution in [-0.4, -0.2) is 19.1 Å². The molecule has 0 radical (unpaired) electrons. The Morgan fingerprint density at radius 2 is 1.05 bits per heavy atom. The predicted octanol–water partition coefficient (Wildman–Crippen LogP) is 14.2. The van der Waals surface area contributed by atoms with Crippen LogP contribution in [0, 0.1) is 0 Å². The molecule has 0 unspecified atom stereocenters. The quantitative estimate of drug-likeness (QED) is 0.165. The minimum atomic E-state index is 0.788. The number of hydrogen-bond acceptors (Lipinski definition) is 3. The van der Waals surface area contributed by atoms with Crippen LogP contribution in [0.4, 0.5) is 0 Å². The molecule has 14 rings (SSSR count). The zero-order valence-corrected chi connectivity index (χ0v) is 31.5. The third-order valence-electron chi connectivity index (χ3n) is 12.6. The molecule has 0 bridgehead atoms. The molecular formula is C54H30N4O. The van der Waals surface area contributed by atoms with Crippen LogP contribution in [0.3, 0.4) is 0 Å². The topological polar surface area (TPSA) is 48.8 Å². The van der Waals surface area contributed by atoms with E-state index >= 15 is 0 Å². The van der Waals surface area contributed by atoms with Crippen LogP contribution in [-0.2, 0) is 0 Å². The summed E-state index contributed by atoms with van der Waals surface area (Å²) < 4.78 is 11.1. The Morgan fingerprint density at radius 1 is 0.390 bits per heavy atom. The Balaban J connectivity index is 1.14. The molecule has 0 amide bonds. The summed E-state index contributed by atoms with van der Waals surface area (Å²) in [6, 6.07) is 65.3. The molecule has 13 aromatic rings. The van der Waals surface area contributed by atoms with Gasteiger partial charge in [-0.3, -0.25) is 4.57 Å². The first-order valence-corrected chi connectivity index (χ1v) is 20.1. The Kier molecular flexibility index (Phi) is 5.96. The van der Waals surface area contributed by atoms with E-state index in [-0.39, 0.29) is 0 Å². The van der Waals surface area contributed by atoms with Crippen molar-refractivity contribution in [2.45, 2.75) is 0 Å². The Bertz CT molecular complexity index is 3980. The van der Waals surface area contributed by atoms with E-state index in [1.54, 1.807) is 0 Å². The van der Waals surface area contributed by atoms with E-state index in [1.807, 2.05) is 12.1 Å². The lowest BCUT2D eigenvalue weighted by molar-refractivity contribution is 0.669. The molecule has 59 heavy (non-hydrogen) atoms. The smallest absolute Gasteiger partial charge is 0.165 e. The van der Waals surface area contributed by atoms with Crippen molar-refractivity contribution in [1.29, 1.82) is 0 Å². The summed E-state index contributed by atoms with van der Waals surface area (Å²) in [5, 5.41) is 9.09. The maximum Gasteiger partial charge on any atom is 0.165 e. The van der Waals surface area contributed by atoms with E-state index in [1.165, 1.54) is 49.7 Å². The number of nitrogens with zero attached hydrogens (tertiary/aromatic N) is 4. The molecule has 0 N–H and O–H groups in total. The molecule has 0 aliphatic carbocycles. The van der Waals surface area contributed by atoms with Crippen molar-refractivity contribution >= 4 is 87.4 Å². The van der Waals surface area contributed by atoms with Gasteiger partial charge < -0.3 is 8.98 Å². The van der Waals surface area contributed by atoms with Gasteiger partial charge in [0.15, 0.2) is 5.82 Å². The van der Waals surface area contributed by atoms with Crippen molar-refractivity contribution < 1.29 is 4.42 Å². The van der Waals surface area contributed by atoms with Crippen LogP contribution in [0.15, 0.2) is 186 Å². The van der Waals surface area contributed by atoms with E-state index in [0.29, 0.717) is 0 Å². The van der Waals surface area contributed by atoms with Crippen molar-refractivity contribution in [3.63, 3.8) is 0 Å². The Morgan fingerprint density at radius 3 is 1.95 bits per heavy atom. The molecule has 9 aromatic carbocycles. The highest BCUT2D eigenvalue weighted by Gasteiger charge is 2.27. The lowest BCUT2D eigenvalue weighted by atomic mass is 9.94. The van der Waals surface area contributed by atoms with Gasteiger partial charge in [0.05, 0.1) is 38.8 Å². The van der Waals surface area contributed by atoms with Crippen molar-refractivity contribution in [2.24, 2.45) is 0 Å². The van der Waals surface area contributed by atoms with Gasteiger partial charge in [0.25, 0.3) is 0 Å². The molecule has 1 aliphatic heterocycles. The maximum atomic E-state index is 6.29. The summed E-state index contributed by atoms with van der Waals surface area (Å²) in [6.45, 7) is 0. The van der Waals surface area contributed by atoms with Crippen molar-refractivity contribution in [2.75, 3.05) is 0 Å². The number of hydrogen-bond donors (Lipinski definition) is 0. The molecule has 0 fully saturated rings. The summed E-state index contributed by atoms with van der Waals surface area (Å²) in [5.74, 6) is 0.788. The fourth-order valence-electron chi connectivity index (χ4n) is 10.1. The van der Waals surface area contributed by atoms with Crippen LogP contribution < -0.4 is 0 Å². The van der Waals surface area contributed by atoms with Crippen molar-refractivity contribution in [3.8, 4) is 45.0 Å². The maximum absolute atomic E-state index is 6.29. The Hall–Kier alpha value is -8.02. The first-order valence-electron chi connectivity index (χ1n) is 20.1. The summed E-state index contributed by atoms with van der Waals surface area (Å²) >= 11 is 0. The third-order valence-corrected chi connectivity index (χ3v) is 12.6. The molecule has 1 aliphatic rings. The van der Waals surface area contributed by atoms with Crippen molar-refractivity contribution in [3.05, 3.63) is 182 Å². The first kappa shape index (κ1) is 31.1. The summed E-state index contributed by atoms with van der Waals surface area (Å²) in [7, 11) is 0.